The van der Waals surface area contributed by atoms with Gasteiger partial charge in [0, 0.05) is 58.9 Å². The van der Waals surface area contributed by atoms with Crippen LogP contribution in [-0.2, 0) is 11.8 Å². The zero-order valence-corrected chi connectivity index (χ0v) is 18.6. The zero-order chi connectivity index (χ0) is 19.9. The maximum absolute atomic E-state index is 12.5. The van der Waals surface area contributed by atoms with E-state index in [1.54, 1.807) is 22.8 Å². The molecule has 3 heterocycles. The molecule has 11 nitrogen and oxygen atoms in total. The minimum Gasteiger partial charge on any atom is -0.354 e. The van der Waals surface area contributed by atoms with Crippen LogP contribution in [0.5, 0.6) is 0 Å². The van der Waals surface area contributed by atoms with Crippen LogP contribution in [0.15, 0.2) is 36.0 Å². The van der Waals surface area contributed by atoms with E-state index in [-0.39, 0.29) is 48.0 Å². The van der Waals surface area contributed by atoms with E-state index in [0.29, 0.717) is 32.1 Å². The Morgan fingerprint density at radius 2 is 2.00 bits per heavy atom. The number of piperazine rings is 1. The van der Waals surface area contributed by atoms with Gasteiger partial charge in [-0.1, -0.05) is 0 Å². The van der Waals surface area contributed by atoms with Crippen LogP contribution in [0, 0.1) is 0 Å². The number of aryl methyl sites for hydroxylation is 1. The average Bonchev–Trinajstić information content (AvgIpc) is 3.14. The predicted octanol–water partition coefficient (Wildman–Crippen LogP) is -0.518. The molecule has 2 N–H and O–H groups in total. The van der Waals surface area contributed by atoms with Gasteiger partial charge in [-0.3, -0.25) is 24.2 Å². The highest BCUT2D eigenvalue weighted by molar-refractivity contribution is 14.0. The van der Waals surface area contributed by atoms with E-state index in [1.807, 2.05) is 18.1 Å². The third-order valence-corrected chi connectivity index (χ3v) is 4.22. The highest BCUT2D eigenvalue weighted by Crippen LogP contribution is 2.15. The van der Waals surface area contributed by atoms with Gasteiger partial charge in [-0.2, -0.15) is 5.10 Å². The summed E-state index contributed by atoms with van der Waals surface area (Å²) >= 11 is 0. The summed E-state index contributed by atoms with van der Waals surface area (Å²) in [5.41, 5.74) is 1.06. The van der Waals surface area contributed by atoms with Crippen molar-refractivity contribution in [2.45, 2.75) is 0 Å². The number of hydrogen-bond acceptors (Lipinski definition) is 6. The van der Waals surface area contributed by atoms with Gasteiger partial charge in [0.2, 0.25) is 5.91 Å². The van der Waals surface area contributed by atoms with Crippen molar-refractivity contribution in [2.75, 3.05) is 44.7 Å². The van der Waals surface area contributed by atoms with Crippen molar-refractivity contribution in [3.8, 4) is 0 Å². The average molecular weight is 513 g/mol. The highest BCUT2D eigenvalue weighted by atomic mass is 127. The summed E-state index contributed by atoms with van der Waals surface area (Å²) < 4.78 is 1.67. The molecule has 0 saturated carbocycles. The second kappa shape index (κ2) is 10.7. The van der Waals surface area contributed by atoms with Crippen LogP contribution in [0.25, 0.3) is 0 Å². The van der Waals surface area contributed by atoms with E-state index < -0.39 is 0 Å². The Hall–Kier alpha value is -2.77. The number of nitrogens with one attached hydrogen (secondary N) is 2. The lowest BCUT2D eigenvalue weighted by atomic mass is 10.3. The molecule has 3 rings (SSSR count). The fraction of sp³-hybridized carbons (Fsp3) is 0.412. The molecule has 0 unspecified atom stereocenters. The maximum atomic E-state index is 12.5. The largest absolute Gasteiger partial charge is 0.354 e. The fourth-order valence-electron chi connectivity index (χ4n) is 2.86. The number of guanidine groups is 1. The number of anilines is 1. The molecule has 1 aliphatic heterocycles. The molecular weight excluding hydrogens is 489 g/mol. The Bertz CT molecular complexity index is 856. The first kappa shape index (κ1) is 22.5. The first-order chi connectivity index (χ1) is 13.6. The van der Waals surface area contributed by atoms with E-state index in [1.165, 1.54) is 18.6 Å². The normalized spacial score (nSPS) is 14.4. The van der Waals surface area contributed by atoms with Gasteiger partial charge in [-0.25, -0.2) is 4.98 Å². The predicted molar refractivity (Wildman–Crippen MR) is 118 cm³/mol. The van der Waals surface area contributed by atoms with Crippen LogP contribution in [0.3, 0.4) is 0 Å². The van der Waals surface area contributed by atoms with Gasteiger partial charge in [0.15, 0.2) is 5.96 Å². The molecule has 1 saturated heterocycles. The summed E-state index contributed by atoms with van der Waals surface area (Å²) in [6, 6.07) is 0. The van der Waals surface area contributed by atoms with Crippen molar-refractivity contribution in [1.82, 2.24) is 35.3 Å². The Kier molecular flexibility index (Phi) is 8.30. The van der Waals surface area contributed by atoms with E-state index in [9.17, 15) is 9.59 Å². The quantitative estimate of drug-likeness (QED) is 0.239. The van der Waals surface area contributed by atoms with Crippen LogP contribution in [-0.4, -0.2) is 82.2 Å². The Morgan fingerprint density at radius 1 is 1.21 bits per heavy atom. The van der Waals surface area contributed by atoms with Gasteiger partial charge >= 0.3 is 0 Å². The molecule has 2 amide bonds. The van der Waals surface area contributed by atoms with Crippen LogP contribution < -0.4 is 15.5 Å². The molecule has 29 heavy (non-hydrogen) atoms. The third kappa shape index (κ3) is 5.85. The maximum Gasteiger partial charge on any atom is 0.271 e. The standard InChI is InChI=1S/C17H23N9O2.HI/c1-18-17(22-6-5-21-16(28)14-10-19-3-4-20-14)25-7-8-26(15(27)12-25)13-9-23-24(2)11-13;/h3-4,9-11H,5-8,12H2,1-2H3,(H,18,22)(H,21,28);1H. The minimum absolute atomic E-state index is 0. The van der Waals surface area contributed by atoms with Crippen LogP contribution in [0.1, 0.15) is 10.5 Å². The van der Waals surface area contributed by atoms with Crippen LogP contribution in [0.4, 0.5) is 5.69 Å². The first-order valence-corrected chi connectivity index (χ1v) is 8.87. The van der Waals surface area contributed by atoms with E-state index in [4.69, 9.17) is 0 Å². The Morgan fingerprint density at radius 3 is 2.62 bits per heavy atom. The summed E-state index contributed by atoms with van der Waals surface area (Å²) in [6.45, 7) is 2.27. The molecule has 0 bridgehead atoms. The summed E-state index contributed by atoms with van der Waals surface area (Å²) in [6.07, 6.45) is 7.89. The van der Waals surface area contributed by atoms with E-state index >= 15 is 0 Å². The lowest BCUT2D eigenvalue weighted by Crippen LogP contribution is -2.55. The molecule has 2 aromatic heterocycles. The summed E-state index contributed by atoms with van der Waals surface area (Å²) in [4.78, 5) is 40.1. The van der Waals surface area contributed by atoms with Gasteiger partial charge in [0.25, 0.3) is 5.91 Å². The molecule has 0 radical (unpaired) electrons. The van der Waals surface area contributed by atoms with Gasteiger partial charge in [0.1, 0.15) is 12.2 Å². The monoisotopic (exact) mass is 513 g/mol. The van der Waals surface area contributed by atoms with Crippen LogP contribution >= 0.6 is 24.0 Å². The molecule has 12 heteroatoms. The minimum atomic E-state index is -0.287. The second-order valence-corrected chi connectivity index (χ2v) is 6.16. The van der Waals surface area contributed by atoms with Crippen molar-refractivity contribution in [2.24, 2.45) is 12.0 Å². The number of carbonyl (C=O) groups excluding carboxylic acids is 2. The number of nitrogens with zero attached hydrogens (tertiary/aromatic N) is 7. The molecule has 0 aromatic carbocycles. The van der Waals surface area contributed by atoms with E-state index in [0.717, 1.165) is 5.69 Å². The van der Waals surface area contributed by atoms with Crippen molar-refractivity contribution in [3.63, 3.8) is 0 Å². The number of halogens is 1. The van der Waals surface area contributed by atoms with Crippen molar-refractivity contribution in [3.05, 3.63) is 36.7 Å². The van der Waals surface area contributed by atoms with Gasteiger partial charge in [-0.05, 0) is 0 Å². The number of aromatic nitrogens is 4. The van der Waals surface area contributed by atoms with Gasteiger partial charge < -0.3 is 20.4 Å². The lowest BCUT2D eigenvalue weighted by molar-refractivity contribution is -0.120. The topological polar surface area (TPSA) is 121 Å². The van der Waals surface area contributed by atoms with Crippen molar-refractivity contribution >= 4 is 47.4 Å². The Balaban J connectivity index is 0.00000300. The smallest absolute Gasteiger partial charge is 0.271 e. The molecule has 156 valence electrons. The zero-order valence-electron chi connectivity index (χ0n) is 16.3. The van der Waals surface area contributed by atoms with E-state index in [2.05, 4.69) is 30.7 Å². The molecule has 0 spiro atoms. The molecule has 0 atom stereocenters. The molecule has 0 aliphatic carbocycles. The molecule has 1 fully saturated rings. The summed E-state index contributed by atoms with van der Waals surface area (Å²) in [5.74, 6) is 0.316. The number of rotatable bonds is 5. The molecular formula is C17H24IN9O2. The highest BCUT2D eigenvalue weighted by Gasteiger charge is 2.27. The second-order valence-electron chi connectivity index (χ2n) is 6.16. The first-order valence-electron chi connectivity index (χ1n) is 8.87. The Labute approximate surface area is 185 Å². The van der Waals surface area contributed by atoms with Gasteiger partial charge in [-0.15, -0.1) is 24.0 Å². The van der Waals surface area contributed by atoms with Gasteiger partial charge in [0.05, 0.1) is 18.1 Å². The summed E-state index contributed by atoms with van der Waals surface area (Å²) in [7, 11) is 3.48. The number of hydrogen-bond donors (Lipinski definition) is 2. The number of aliphatic imine (C=N–C) groups is 1. The number of carbonyl (C=O) groups is 2. The number of amides is 2. The lowest BCUT2D eigenvalue weighted by Gasteiger charge is -2.35. The van der Waals surface area contributed by atoms with Crippen molar-refractivity contribution < 1.29 is 9.59 Å². The fourth-order valence-corrected chi connectivity index (χ4v) is 2.86. The van der Waals surface area contributed by atoms with Crippen LogP contribution in [0.2, 0.25) is 0 Å². The molecule has 1 aliphatic rings. The molecule has 2 aromatic rings. The summed E-state index contributed by atoms with van der Waals surface area (Å²) in [5, 5.41) is 10.0. The SMILES string of the molecule is CN=C(NCCNC(=O)c1cnccn1)N1CCN(c2cnn(C)c2)C(=O)C1.I. The van der Waals surface area contributed by atoms with Crippen molar-refractivity contribution in [1.29, 1.82) is 0 Å². The third-order valence-electron chi connectivity index (χ3n) is 4.22.